The zero-order valence-corrected chi connectivity index (χ0v) is 30.2. The molecular formula is C50H28N4S. The fourth-order valence-corrected chi connectivity index (χ4v) is 10.4. The summed E-state index contributed by atoms with van der Waals surface area (Å²) in [5.74, 6) is 0.731. The van der Waals surface area contributed by atoms with Crippen LogP contribution in [0.25, 0.3) is 119 Å². The second-order valence-corrected chi connectivity index (χ2v) is 15.6. The van der Waals surface area contributed by atoms with E-state index < -0.39 is 0 Å². The third-order valence-electron chi connectivity index (χ3n) is 11.6. The first kappa shape index (κ1) is 29.4. The van der Waals surface area contributed by atoms with Gasteiger partial charge in [0.25, 0.3) is 0 Å². The average molecular weight is 717 g/mol. The first-order valence-corrected chi connectivity index (χ1v) is 19.5. The van der Waals surface area contributed by atoms with Gasteiger partial charge in [-0.1, -0.05) is 121 Å². The molecule has 0 N–H and O–H groups in total. The molecule has 0 saturated heterocycles. The maximum Gasteiger partial charge on any atom is 0.160 e. The minimum atomic E-state index is 0.731. The van der Waals surface area contributed by atoms with E-state index in [0.29, 0.717) is 0 Å². The Kier molecular flexibility index (Phi) is 5.74. The fraction of sp³-hybridized carbons (Fsp3) is 0. The van der Waals surface area contributed by atoms with Gasteiger partial charge in [-0.25, -0.2) is 9.97 Å². The van der Waals surface area contributed by atoms with Crippen LogP contribution >= 0.6 is 11.3 Å². The van der Waals surface area contributed by atoms with Gasteiger partial charge < -0.3 is 8.97 Å². The lowest BCUT2D eigenvalue weighted by Gasteiger charge is -2.11. The molecule has 4 nitrogen and oxygen atoms in total. The molecule has 0 aliphatic carbocycles. The highest BCUT2D eigenvalue weighted by molar-refractivity contribution is 7.26. The topological polar surface area (TPSA) is 35.1 Å². The Balaban J connectivity index is 1.10. The molecule has 0 aliphatic rings. The standard InChI is InChI=1S/C50H28N4S/c1-2-13-30(14-3-1)44-49-45(36-18-8-11-21-42(36)55-49)52-50(51-44)31-22-25-32(26-23-31)53-40-19-9-6-16-34(40)38-28-39-35-17-7-10-20-41(35)54-46-33-15-5-4-12-29(33)24-27-37(46)43(47(38)53)48(39)54/h1-28H. The number of para-hydroxylation sites is 2. The van der Waals surface area contributed by atoms with Crippen molar-refractivity contribution in [2.45, 2.75) is 0 Å². The van der Waals surface area contributed by atoms with Gasteiger partial charge in [0.15, 0.2) is 5.82 Å². The highest BCUT2D eigenvalue weighted by Crippen LogP contribution is 2.48. The maximum atomic E-state index is 5.26. The smallest absolute Gasteiger partial charge is 0.160 e. The van der Waals surface area contributed by atoms with Crippen LogP contribution in [0, 0.1) is 0 Å². The van der Waals surface area contributed by atoms with Crippen molar-refractivity contribution in [2.75, 3.05) is 0 Å². The van der Waals surface area contributed by atoms with Gasteiger partial charge in [-0.3, -0.25) is 0 Å². The third-order valence-corrected chi connectivity index (χ3v) is 12.8. The van der Waals surface area contributed by atoms with Crippen molar-refractivity contribution in [1.82, 2.24) is 18.9 Å². The molecule has 0 saturated carbocycles. The van der Waals surface area contributed by atoms with E-state index >= 15 is 0 Å². The van der Waals surface area contributed by atoms with Crippen LogP contribution in [0.3, 0.4) is 0 Å². The molecule has 0 atom stereocenters. The Morgan fingerprint density at radius 2 is 1.11 bits per heavy atom. The van der Waals surface area contributed by atoms with Gasteiger partial charge >= 0.3 is 0 Å². The van der Waals surface area contributed by atoms with E-state index in [1.807, 2.05) is 0 Å². The van der Waals surface area contributed by atoms with Crippen LogP contribution in [0.4, 0.5) is 0 Å². The van der Waals surface area contributed by atoms with Gasteiger partial charge in [-0.05, 0) is 53.9 Å². The minimum Gasteiger partial charge on any atom is -0.309 e. The van der Waals surface area contributed by atoms with Crippen molar-refractivity contribution in [3.8, 4) is 28.3 Å². The summed E-state index contributed by atoms with van der Waals surface area (Å²) in [5, 5.41) is 11.3. The number of fused-ring (bicyclic) bond motifs is 15. The number of aromatic nitrogens is 4. The normalized spacial score (nSPS) is 12.4. The fourth-order valence-electron chi connectivity index (χ4n) is 9.30. The second kappa shape index (κ2) is 10.8. The number of hydrogen-bond acceptors (Lipinski definition) is 3. The van der Waals surface area contributed by atoms with Crippen molar-refractivity contribution >= 4 is 102 Å². The van der Waals surface area contributed by atoms with Crippen molar-refractivity contribution in [3.05, 3.63) is 170 Å². The van der Waals surface area contributed by atoms with E-state index in [9.17, 15) is 0 Å². The highest BCUT2D eigenvalue weighted by Gasteiger charge is 2.25. The summed E-state index contributed by atoms with van der Waals surface area (Å²) in [5.41, 5.74) is 11.4. The lowest BCUT2D eigenvalue weighted by Crippen LogP contribution is -1.96. The zero-order chi connectivity index (χ0) is 35.8. The summed E-state index contributed by atoms with van der Waals surface area (Å²) < 4.78 is 7.33. The maximum absolute atomic E-state index is 5.26. The summed E-state index contributed by atoms with van der Waals surface area (Å²) in [6, 6.07) is 61.5. The summed E-state index contributed by atoms with van der Waals surface area (Å²) in [6.07, 6.45) is 0. The van der Waals surface area contributed by atoms with E-state index in [1.54, 1.807) is 11.3 Å². The molecule has 0 amide bonds. The van der Waals surface area contributed by atoms with Crippen LogP contribution in [0.15, 0.2) is 170 Å². The minimum absolute atomic E-state index is 0.731. The molecule has 13 rings (SSSR count). The summed E-state index contributed by atoms with van der Waals surface area (Å²) in [7, 11) is 0. The van der Waals surface area contributed by atoms with Gasteiger partial charge in [-0.15, -0.1) is 11.3 Å². The molecule has 0 unspecified atom stereocenters. The number of nitrogens with zero attached hydrogens (tertiary/aromatic N) is 4. The monoisotopic (exact) mass is 716 g/mol. The van der Waals surface area contributed by atoms with Gasteiger partial charge in [-0.2, -0.15) is 0 Å². The number of benzene rings is 8. The molecule has 5 heteroatoms. The number of thiophene rings is 1. The molecule has 5 heterocycles. The Hall–Kier alpha value is -7.08. The molecule has 5 aromatic heterocycles. The molecular weight excluding hydrogens is 689 g/mol. The molecule has 0 fully saturated rings. The predicted molar refractivity (Wildman–Crippen MR) is 232 cm³/mol. The van der Waals surface area contributed by atoms with E-state index in [0.717, 1.165) is 38.5 Å². The Labute approximate surface area is 318 Å². The summed E-state index contributed by atoms with van der Waals surface area (Å²) >= 11 is 1.77. The van der Waals surface area contributed by atoms with Gasteiger partial charge in [0.2, 0.25) is 0 Å². The van der Waals surface area contributed by atoms with Crippen molar-refractivity contribution in [1.29, 1.82) is 0 Å². The Morgan fingerprint density at radius 1 is 0.436 bits per heavy atom. The molecule has 55 heavy (non-hydrogen) atoms. The highest BCUT2D eigenvalue weighted by atomic mass is 32.1. The zero-order valence-electron chi connectivity index (χ0n) is 29.4. The van der Waals surface area contributed by atoms with Crippen LogP contribution in [-0.4, -0.2) is 18.9 Å². The lowest BCUT2D eigenvalue weighted by molar-refractivity contribution is 1.18. The predicted octanol–water partition coefficient (Wildman–Crippen LogP) is 13.6. The quantitative estimate of drug-likeness (QED) is 0.182. The molecule has 0 radical (unpaired) electrons. The van der Waals surface area contributed by atoms with Crippen LogP contribution in [0.2, 0.25) is 0 Å². The lowest BCUT2D eigenvalue weighted by atomic mass is 10.0. The first-order chi connectivity index (χ1) is 27.3. The Morgan fingerprint density at radius 3 is 1.95 bits per heavy atom. The van der Waals surface area contributed by atoms with Crippen molar-refractivity contribution in [3.63, 3.8) is 0 Å². The second-order valence-electron chi connectivity index (χ2n) is 14.5. The molecule has 254 valence electrons. The van der Waals surface area contributed by atoms with E-state index in [1.165, 1.54) is 80.8 Å². The SMILES string of the molecule is c1ccc(-c2nc(-c3ccc(-n4c5ccccc5c5cc6c7ccccc7n7c8c9ccccc9ccc8c(c54)c67)cc3)nc3c2sc2ccccc23)cc1. The molecule has 0 bridgehead atoms. The van der Waals surface area contributed by atoms with Gasteiger partial charge in [0, 0.05) is 64.6 Å². The third kappa shape index (κ3) is 3.89. The molecule has 0 spiro atoms. The number of rotatable bonds is 3. The molecule has 0 aliphatic heterocycles. The van der Waals surface area contributed by atoms with Crippen LogP contribution in [0.5, 0.6) is 0 Å². The van der Waals surface area contributed by atoms with Gasteiger partial charge in [0.1, 0.15) is 0 Å². The van der Waals surface area contributed by atoms with E-state index in [2.05, 4.69) is 179 Å². The molecule has 13 aromatic rings. The van der Waals surface area contributed by atoms with E-state index in [4.69, 9.17) is 9.97 Å². The average Bonchev–Trinajstić information content (AvgIpc) is 3.99. The Bertz CT molecular complexity index is 3700. The van der Waals surface area contributed by atoms with Crippen molar-refractivity contribution < 1.29 is 0 Å². The summed E-state index contributed by atoms with van der Waals surface area (Å²) in [6.45, 7) is 0. The van der Waals surface area contributed by atoms with Gasteiger partial charge in [0.05, 0.1) is 43.5 Å². The number of hydrogen-bond donors (Lipinski definition) is 0. The van der Waals surface area contributed by atoms with E-state index in [-0.39, 0.29) is 0 Å². The molecule has 8 aromatic carbocycles. The first-order valence-electron chi connectivity index (χ1n) is 18.7. The van der Waals surface area contributed by atoms with Crippen LogP contribution in [0.1, 0.15) is 0 Å². The van der Waals surface area contributed by atoms with Crippen LogP contribution in [-0.2, 0) is 0 Å². The van der Waals surface area contributed by atoms with Crippen LogP contribution < -0.4 is 0 Å². The summed E-state index contributed by atoms with van der Waals surface area (Å²) in [4.78, 5) is 10.5. The largest absolute Gasteiger partial charge is 0.309 e. The van der Waals surface area contributed by atoms with Crippen molar-refractivity contribution in [2.24, 2.45) is 0 Å².